The second-order valence-corrected chi connectivity index (χ2v) is 9.67. The fraction of sp³-hybridized carbons (Fsp3) is 0.462. The summed E-state index contributed by atoms with van der Waals surface area (Å²) in [7, 11) is 0. The van der Waals surface area contributed by atoms with E-state index in [2.05, 4.69) is 48.0 Å². The van der Waals surface area contributed by atoms with Gasteiger partial charge in [-0.3, -0.25) is 9.69 Å². The largest absolute Gasteiger partial charge is 0.494 e. The molecule has 3 aromatic rings. The van der Waals surface area contributed by atoms with Crippen molar-refractivity contribution in [3.63, 3.8) is 0 Å². The topological polar surface area (TPSA) is 57.7 Å². The lowest BCUT2D eigenvalue weighted by Gasteiger charge is -2.34. The molecule has 0 unspecified atom stereocenters. The van der Waals surface area contributed by atoms with Gasteiger partial charge in [-0.1, -0.05) is 30.7 Å². The molecule has 1 saturated heterocycles. The first-order valence-electron chi connectivity index (χ1n) is 11.9. The maximum absolute atomic E-state index is 12.4. The second-order valence-electron chi connectivity index (χ2n) is 8.66. The van der Waals surface area contributed by atoms with Crippen molar-refractivity contribution in [3.05, 3.63) is 53.1 Å². The van der Waals surface area contributed by atoms with Crippen molar-refractivity contribution in [2.24, 2.45) is 0 Å². The van der Waals surface area contributed by atoms with Crippen LogP contribution >= 0.6 is 11.3 Å². The van der Waals surface area contributed by atoms with Crippen LogP contribution in [0.5, 0.6) is 5.75 Å². The summed E-state index contributed by atoms with van der Waals surface area (Å²) in [6.45, 7) is 12.5. The van der Waals surface area contributed by atoms with Gasteiger partial charge in [-0.15, -0.1) is 0 Å². The van der Waals surface area contributed by atoms with Crippen molar-refractivity contribution in [1.29, 1.82) is 0 Å². The van der Waals surface area contributed by atoms with Gasteiger partial charge >= 0.3 is 0 Å². The summed E-state index contributed by atoms with van der Waals surface area (Å²) < 4.78 is 6.93. The average molecular weight is 467 g/mol. The van der Waals surface area contributed by atoms with E-state index in [0.717, 1.165) is 62.0 Å². The number of nitrogens with zero attached hydrogens (tertiary/aromatic N) is 3. The van der Waals surface area contributed by atoms with Crippen molar-refractivity contribution in [3.8, 4) is 5.75 Å². The molecule has 0 atom stereocenters. The van der Waals surface area contributed by atoms with Crippen molar-refractivity contribution in [2.45, 2.75) is 33.6 Å². The number of nitrogens with one attached hydrogen (secondary N) is 1. The Kier molecular flexibility index (Phi) is 7.83. The molecule has 0 bridgehead atoms. The number of aromatic nitrogens is 1. The van der Waals surface area contributed by atoms with E-state index < -0.39 is 0 Å². The highest BCUT2D eigenvalue weighted by atomic mass is 32.1. The summed E-state index contributed by atoms with van der Waals surface area (Å²) >= 11 is 1.78. The van der Waals surface area contributed by atoms with Crippen LogP contribution in [0.4, 0.5) is 5.13 Å². The van der Waals surface area contributed by atoms with Gasteiger partial charge in [-0.25, -0.2) is 4.98 Å². The highest BCUT2D eigenvalue weighted by Crippen LogP contribution is 2.32. The first kappa shape index (κ1) is 23.5. The Morgan fingerprint density at radius 1 is 1.09 bits per heavy atom. The summed E-state index contributed by atoms with van der Waals surface area (Å²) in [5.41, 5.74) is 4.38. The number of piperazine rings is 1. The minimum Gasteiger partial charge on any atom is -0.494 e. The molecule has 4 rings (SSSR count). The predicted molar refractivity (Wildman–Crippen MR) is 137 cm³/mol. The molecular formula is C26H34N4O2S. The van der Waals surface area contributed by atoms with Gasteiger partial charge in [0.25, 0.3) is 5.91 Å². The van der Waals surface area contributed by atoms with Gasteiger partial charge in [-0.05, 0) is 61.7 Å². The maximum Gasteiger partial charge on any atom is 0.251 e. The number of aryl methyl sites for hydroxylation is 2. The fourth-order valence-electron chi connectivity index (χ4n) is 3.98. The number of carbonyl (C=O) groups is 1. The Bertz CT molecular complexity index is 1070. The molecule has 0 aliphatic carbocycles. The minimum atomic E-state index is -0.0334. The summed E-state index contributed by atoms with van der Waals surface area (Å²) in [6.07, 6.45) is 2.15. The Labute approximate surface area is 200 Å². The molecule has 1 aliphatic rings. The molecule has 0 spiro atoms. The van der Waals surface area contributed by atoms with Crippen LogP contribution in [0.15, 0.2) is 36.4 Å². The molecule has 1 N–H and O–H groups in total. The highest BCUT2D eigenvalue weighted by molar-refractivity contribution is 7.22. The molecule has 2 heterocycles. The first-order chi connectivity index (χ1) is 16.0. The quantitative estimate of drug-likeness (QED) is 0.466. The SMILES string of the molecule is CCCCOc1ccc(C(=O)NCCN2CCN(c3nc4c(C)c(C)ccc4s3)CC2)cc1. The number of ether oxygens (including phenoxy) is 1. The standard InChI is InChI=1S/C26H34N4O2S/c1-4-5-18-32-22-9-7-21(8-10-22)25(31)27-12-13-29-14-16-30(17-15-29)26-28-24-20(3)19(2)6-11-23(24)33-26/h6-11H,4-5,12-18H2,1-3H3,(H,27,31). The van der Waals surface area contributed by atoms with Crippen molar-refractivity contribution in [2.75, 3.05) is 50.8 Å². The van der Waals surface area contributed by atoms with Gasteiger partial charge in [0.2, 0.25) is 0 Å². The second kappa shape index (κ2) is 11.0. The molecule has 1 aliphatic heterocycles. The number of carbonyl (C=O) groups excluding carboxylic acids is 1. The molecule has 2 aromatic carbocycles. The number of hydrogen-bond donors (Lipinski definition) is 1. The van der Waals surface area contributed by atoms with E-state index in [4.69, 9.17) is 9.72 Å². The predicted octanol–water partition coefficient (Wildman–Crippen LogP) is 4.64. The third-order valence-electron chi connectivity index (χ3n) is 6.31. The van der Waals surface area contributed by atoms with Crippen LogP contribution in [0, 0.1) is 13.8 Å². The zero-order valence-electron chi connectivity index (χ0n) is 19.9. The Balaban J connectivity index is 1.21. The van der Waals surface area contributed by atoms with Crippen molar-refractivity contribution >= 4 is 32.6 Å². The molecule has 33 heavy (non-hydrogen) atoms. The van der Waals surface area contributed by atoms with E-state index in [0.29, 0.717) is 18.7 Å². The molecule has 1 amide bonds. The molecule has 0 saturated carbocycles. The third-order valence-corrected chi connectivity index (χ3v) is 7.39. The number of anilines is 1. The molecule has 6 nitrogen and oxygen atoms in total. The minimum absolute atomic E-state index is 0.0334. The Morgan fingerprint density at radius 3 is 2.58 bits per heavy atom. The maximum atomic E-state index is 12.4. The molecule has 1 aromatic heterocycles. The van der Waals surface area contributed by atoms with E-state index in [1.165, 1.54) is 15.8 Å². The average Bonchev–Trinajstić information content (AvgIpc) is 3.28. The number of hydrogen-bond acceptors (Lipinski definition) is 6. The number of rotatable bonds is 9. The van der Waals surface area contributed by atoms with Gasteiger partial charge < -0.3 is 15.0 Å². The lowest BCUT2D eigenvalue weighted by Crippen LogP contribution is -2.48. The Morgan fingerprint density at radius 2 is 1.85 bits per heavy atom. The summed E-state index contributed by atoms with van der Waals surface area (Å²) in [5.74, 6) is 0.783. The number of unbranched alkanes of at least 4 members (excludes halogenated alkanes) is 1. The zero-order chi connectivity index (χ0) is 23.2. The normalized spacial score (nSPS) is 14.6. The third kappa shape index (κ3) is 5.84. The van der Waals surface area contributed by atoms with E-state index in [9.17, 15) is 4.79 Å². The van der Waals surface area contributed by atoms with Crippen LogP contribution in [0.25, 0.3) is 10.2 Å². The first-order valence-corrected chi connectivity index (χ1v) is 12.7. The van der Waals surface area contributed by atoms with E-state index >= 15 is 0 Å². The van der Waals surface area contributed by atoms with E-state index in [1.807, 2.05) is 24.3 Å². The van der Waals surface area contributed by atoms with Crippen LogP contribution in [-0.4, -0.2) is 61.7 Å². The molecule has 7 heteroatoms. The number of fused-ring (bicyclic) bond motifs is 1. The van der Waals surface area contributed by atoms with Gasteiger partial charge in [-0.2, -0.15) is 0 Å². The van der Waals surface area contributed by atoms with Crippen LogP contribution in [0.3, 0.4) is 0 Å². The van der Waals surface area contributed by atoms with Crippen molar-refractivity contribution < 1.29 is 9.53 Å². The lowest BCUT2D eigenvalue weighted by molar-refractivity contribution is 0.0947. The monoisotopic (exact) mass is 466 g/mol. The molecule has 1 fully saturated rings. The lowest BCUT2D eigenvalue weighted by atomic mass is 10.1. The van der Waals surface area contributed by atoms with Crippen LogP contribution < -0.4 is 15.0 Å². The van der Waals surface area contributed by atoms with Gasteiger partial charge in [0.1, 0.15) is 5.75 Å². The smallest absolute Gasteiger partial charge is 0.251 e. The van der Waals surface area contributed by atoms with Crippen LogP contribution in [-0.2, 0) is 0 Å². The molecule has 0 radical (unpaired) electrons. The number of benzene rings is 2. The van der Waals surface area contributed by atoms with Crippen LogP contribution in [0.2, 0.25) is 0 Å². The van der Waals surface area contributed by atoms with E-state index in [1.54, 1.807) is 11.3 Å². The van der Waals surface area contributed by atoms with Crippen LogP contribution in [0.1, 0.15) is 41.3 Å². The van der Waals surface area contributed by atoms with Gasteiger partial charge in [0.05, 0.1) is 16.8 Å². The molecular weight excluding hydrogens is 432 g/mol. The van der Waals surface area contributed by atoms with Gasteiger partial charge in [0, 0.05) is 44.8 Å². The number of thiazole rings is 1. The highest BCUT2D eigenvalue weighted by Gasteiger charge is 2.20. The molecule has 176 valence electrons. The van der Waals surface area contributed by atoms with Gasteiger partial charge in [0.15, 0.2) is 5.13 Å². The van der Waals surface area contributed by atoms with E-state index in [-0.39, 0.29) is 5.91 Å². The summed E-state index contributed by atoms with van der Waals surface area (Å²) in [4.78, 5) is 22.2. The zero-order valence-corrected chi connectivity index (χ0v) is 20.7. The Hall–Kier alpha value is -2.64. The number of amides is 1. The van der Waals surface area contributed by atoms with Crippen molar-refractivity contribution in [1.82, 2.24) is 15.2 Å². The summed E-state index contributed by atoms with van der Waals surface area (Å²) in [6, 6.07) is 11.8. The fourth-order valence-corrected chi connectivity index (χ4v) is 5.06. The summed E-state index contributed by atoms with van der Waals surface area (Å²) in [5, 5.41) is 4.16.